The van der Waals surface area contributed by atoms with Crippen molar-refractivity contribution in [1.82, 2.24) is 0 Å². The summed E-state index contributed by atoms with van der Waals surface area (Å²) in [6.45, 7) is 5.85. The molecule has 0 bridgehead atoms. The van der Waals surface area contributed by atoms with Crippen molar-refractivity contribution < 1.29 is 19.0 Å². The van der Waals surface area contributed by atoms with Gasteiger partial charge in [-0.3, -0.25) is 0 Å². The van der Waals surface area contributed by atoms with E-state index >= 15 is 0 Å². The van der Waals surface area contributed by atoms with E-state index in [1.807, 2.05) is 0 Å². The molecular formula is C14H20O4. The lowest BCUT2D eigenvalue weighted by Crippen LogP contribution is -2.20. The van der Waals surface area contributed by atoms with E-state index in [1.165, 1.54) is 24.8 Å². The van der Waals surface area contributed by atoms with Gasteiger partial charge in [0.15, 0.2) is 6.10 Å². The van der Waals surface area contributed by atoms with Crippen LogP contribution in [-0.4, -0.2) is 25.3 Å². The van der Waals surface area contributed by atoms with Crippen molar-refractivity contribution in [2.75, 3.05) is 13.2 Å². The van der Waals surface area contributed by atoms with Gasteiger partial charge >= 0.3 is 5.97 Å². The van der Waals surface area contributed by atoms with E-state index in [0.717, 1.165) is 12.8 Å². The molecule has 0 aromatic rings. The second kappa shape index (κ2) is 5.94. The largest absolute Gasteiger partial charge is 0.461 e. The highest BCUT2D eigenvalue weighted by Gasteiger charge is 2.27. The summed E-state index contributed by atoms with van der Waals surface area (Å²) in [5.41, 5.74) is 1.68. The van der Waals surface area contributed by atoms with Crippen molar-refractivity contribution in [2.24, 2.45) is 0 Å². The summed E-state index contributed by atoms with van der Waals surface area (Å²) >= 11 is 0. The molecular weight excluding hydrogens is 232 g/mol. The van der Waals surface area contributed by atoms with Gasteiger partial charge in [-0.25, -0.2) is 4.79 Å². The molecule has 1 heterocycles. The Labute approximate surface area is 108 Å². The second-order valence-electron chi connectivity index (χ2n) is 4.88. The summed E-state index contributed by atoms with van der Waals surface area (Å²) in [6, 6.07) is 0. The van der Waals surface area contributed by atoms with Crippen molar-refractivity contribution in [3.05, 3.63) is 23.7 Å². The first-order valence-corrected chi connectivity index (χ1v) is 6.51. The Morgan fingerprint density at radius 3 is 2.78 bits per heavy atom. The fourth-order valence-corrected chi connectivity index (χ4v) is 2.13. The van der Waals surface area contributed by atoms with Crippen LogP contribution in [0.1, 0.15) is 39.0 Å². The Balaban J connectivity index is 1.81. The molecule has 0 aromatic heterocycles. The van der Waals surface area contributed by atoms with Gasteiger partial charge < -0.3 is 14.2 Å². The highest BCUT2D eigenvalue weighted by molar-refractivity contribution is 5.86. The molecule has 0 N–H and O–H groups in total. The van der Waals surface area contributed by atoms with E-state index in [-0.39, 0.29) is 18.7 Å². The maximum absolute atomic E-state index is 11.3. The highest BCUT2D eigenvalue weighted by atomic mass is 16.7. The molecule has 1 aliphatic carbocycles. The first-order valence-electron chi connectivity index (χ1n) is 6.51. The third-order valence-electron chi connectivity index (χ3n) is 3.17. The predicted octanol–water partition coefficient (Wildman–Crippen LogP) is 2.70. The predicted molar refractivity (Wildman–Crippen MR) is 66.7 cm³/mol. The Hall–Kier alpha value is -1.45. The summed E-state index contributed by atoms with van der Waals surface area (Å²) < 4.78 is 16.3. The monoisotopic (exact) mass is 252 g/mol. The van der Waals surface area contributed by atoms with Crippen molar-refractivity contribution in [2.45, 2.75) is 45.1 Å². The average molecular weight is 252 g/mol. The van der Waals surface area contributed by atoms with E-state index in [9.17, 15) is 4.79 Å². The molecule has 2 fully saturated rings. The molecule has 0 aromatic carbocycles. The standard InChI is InChI=1S/C14H20O4/c1-10(2)13(15)16-8-12-9-17-14(18-12)11-6-4-3-5-7-11/h12H,1,3-9H2,2H3. The van der Waals surface area contributed by atoms with Crippen LogP contribution in [-0.2, 0) is 19.0 Å². The smallest absolute Gasteiger partial charge is 0.333 e. The lowest BCUT2D eigenvalue weighted by molar-refractivity contribution is -0.141. The molecule has 4 nitrogen and oxygen atoms in total. The molecule has 1 saturated carbocycles. The number of allylic oxidation sites excluding steroid dienone is 1. The van der Waals surface area contributed by atoms with E-state index in [0.29, 0.717) is 18.1 Å². The maximum atomic E-state index is 11.3. The molecule has 1 aliphatic heterocycles. The Morgan fingerprint density at radius 2 is 2.11 bits per heavy atom. The van der Waals surface area contributed by atoms with Gasteiger partial charge in [-0.15, -0.1) is 0 Å². The van der Waals surface area contributed by atoms with Crippen LogP contribution < -0.4 is 0 Å². The molecule has 1 saturated heterocycles. The van der Waals surface area contributed by atoms with Gasteiger partial charge in [-0.05, 0) is 32.6 Å². The topological polar surface area (TPSA) is 44.8 Å². The van der Waals surface area contributed by atoms with Crippen molar-refractivity contribution in [3.63, 3.8) is 0 Å². The van der Waals surface area contributed by atoms with Crippen LogP contribution in [0, 0.1) is 0 Å². The molecule has 1 atom stereocenters. The fraction of sp³-hybridized carbons (Fsp3) is 0.643. The third kappa shape index (κ3) is 3.28. The summed E-state index contributed by atoms with van der Waals surface area (Å²) in [5, 5.41) is 0. The van der Waals surface area contributed by atoms with Crippen LogP contribution in [0.25, 0.3) is 0 Å². The van der Waals surface area contributed by atoms with E-state index in [1.54, 1.807) is 6.92 Å². The number of rotatable bonds is 3. The minimum absolute atomic E-state index is 0.183. The number of ether oxygens (including phenoxy) is 3. The summed E-state index contributed by atoms with van der Waals surface area (Å²) in [7, 11) is 0. The number of esters is 1. The zero-order valence-electron chi connectivity index (χ0n) is 10.9. The van der Waals surface area contributed by atoms with Gasteiger partial charge in [0.05, 0.1) is 0 Å². The molecule has 100 valence electrons. The molecule has 0 amide bonds. The van der Waals surface area contributed by atoms with Crippen molar-refractivity contribution in [3.8, 4) is 0 Å². The molecule has 2 aliphatic rings. The Bertz CT molecular complexity index is 362. The maximum Gasteiger partial charge on any atom is 0.333 e. The normalized spacial score (nSPS) is 23.3. The van der Waals surface area contributed by atoms with Crippen LogP contribution in [0.2, 0.25) is 0 Å². The average Bonchev–Trinajstić information content (AvgIpc) is 2.85. The lowest BCUT2D eigenvalue weighted by Gasteiger charge is -2.15. The van der Waals surface area contributed by atoms with Gasteiger partial charge in [0.1, 0.15) is 13.2 Å². The SMILES string of the molecule is C=C(C)C(=O)OCC1COC(=C2CCCCC2)O1. The first-order chi connectivity index (χ1) is 8.66. The highest BCUT2D eigenvalue weighted by Crippen LogP contribution is 2.30. The zero-order chi connectivity index (χ0) is 13.0. The van der Waals surface area contributed by atoms with E-state index in [4.69, 9.17) is 14.2 Å². The first kappa shape index (κ1) is 13.0. The van der Waals surface area contributed by atoms with Gasteiger partial charge in [-0.2, -0.15) is 0 Å². The van der Waals surface area contributed by atoms with Gasteiger partial charge in [-0.1, -0.05) is 13.0 Å². The molecule has 18 heavy (non-hydrogen) atoms. The van der Waals surface area contributed by atoms with Crippen LogP contribution >= 0.6 is 0 Å². The molecule has 1 unspecified atom stereocenters. The quantitative estimate of drug-likeness (QED) is 0.572. The fourth-order valence-electron chi connectivity index (χ4n) is 2.13. The van der Waals surface area contributed by atoms with Gasteiger partial charge in [0.25, 0.3) is 5.95 Å². The number of carbonyl (C=O) groups excluding carboxylic acids is 1. The number of hydrogen-bond donors (Lipinski definition) is 0. The van der Waals surface area contributed by atoms with Crippen LogP contribution in [0.15, 0.2) is 23.7 Å². The lowest BCUT2D eigenvalue weighted by atomic mass is 9.96. The van der Waals surface area contributed by atoms with Crippen LogP contribution in [0.5, 0.6) is 0 Å². The summed E-state index contributed by atoms with van der Waals surface area (Å²) in [5.74, 6) is 0.295. The summed E-state index contributed by atoms with van der Waals surface area (Å²) in [4.78, 5) is 11.3. The van der Waals surface area contributed by atoms with Crippen LogP contribution in [0.4, 0.5) is 0 Å². The van der Waals surface area contributed by atoms with Crippen molar-refractivity contribution in [1.29, 1.82) is 0 Å². The van der Waals surface area contributed by atoms with Crippen LogP contribution in [0.3, 0.4) is 0 Å². The Morgan fingerprint density at radius 1 is 1.39 bits per heavy atom. The molecule has 0 radical (unpaired) electrons. The molecule has 0 spiro atoms. The minimum atomic E-state index is -0.377. The molecule has 2 rings (SSSR count). The van der Waals surface area contributed by atoms with Gasteiger partial charge in [0, 0.05) is 11.1 Å². The molecule has 4 heteroatoms. The second-order valence-corrected chi connectivity index (χ2v) is 4.88. The number of hydrogen-bond acceptors (Lipinski definition) is 4. The third-order valence-corrected chi connectivity index (χ3v) is 3.17. The minimum Gasteiger partial charge on any atom is -0.461 e. The Kier molecular flexibility index (Phi) is 4.28. The van der Waals surface area contributed by atoms with E-state index in [2.05, 4.69) is 6.58 Å². The number of carbonyl (C=O) groups is 1. The zero-order valence-corrected chi connectivity index (χ0v) is 10.9. The van der Waals surface area contributed by atoms with Gasteiger partial charge in [0.2, 0.25) is 0 Å². The summed E-state index contributed by atoms with van der Waals surface area (Å²) in [6.07, 6.45) is 5.65. The van der Waals surface area contributed by atoms with Crippen molar-refractivity contribution >= 4 is 5.97 Å². The van der Waals surface area contributed by atoms with E-state index < -0.39 is 0 Å².